The normalized spacial score (nSPS) is 20.7. The second-order valence-corrected chi connectivity index (χ2v) is 2.65. The molecule has 0 aromatic carbocycles. The molecule has 57 valence electrons. The van der Waals surface area contributed by atoms with Crippen LogP contribution in [0.5, 0.6) is 0 Å². The van der Waals surface area contributed by atoms with Crippen LogP contribution >= 0.6 is 0 Å². The van der Waals surface area contributed by atoms with Gasteiger partial charge in [-0.3, -0.25) is 4.79 Å². The number of hydrogen-bond donors (Lipinski definition) is 0. The molecule has 1 heterocycles. The molecule has 0 bridgehead atoms. The van der Waals surface area contributed by atoms with Crippen LogP contribution in [-0.4, -0.2) is 12.6 Å². The maximum atomic E-state index is 10.7. The summed E-state index contributed by atoms with van der Waals surface area (Å²) in [5.74, 6) is 1.31. The predicted molar refractivity (Wildman–Crippen MR) is 38.3 cm³/mol. The lowest BCUT2D eigenvalue weighted by Gasteiger charge is -2.19. The summed E-state index contributed by atoms with van der Waals surface area (Å²) in [6, 6.07) is 0. The molecule has 2 heteroatoms. The summed E-state index contributed by atoms with van der Waals surface area (Å²) in [6.07, 6.45) is 3.78. The molecule has 10 heavy (non-hydrogen) atoms. The minimum atomic E-state index is -0.0466. The summed E-state index contributed by atoms with van der Waals surface area (Å²) in [4.78, 5) is 10.7. The van der Waals surface area contributed by atoms with E-state index in [0.717, 1.165) is 19.3 Å². The van der Waals surface area contributed by atoms with Crippen molar-refractivity contribution in [2.24, 2.45) is 0 Å². The van der Waals surface area contributed by atoms with Gasteiger partial charge in [-0.15, -0.1) is 0 Å². The quantitative estimate of drug-likeness (QED) is 0.547. The van der Waals surface area contributed by atoms with E-state index >= 15 is 0 Å². The maximum Gasteiger partial charge on any atom is 0.306 e. The average molecular weight is 141 g/mol. The fourth-order valence-electron chi connectivity index (χ4n) is 1.22. The van der Waals surface area contributed by atoms with E-state index in [0.29, 0.717) is 13.0 Å². The Balaban J connectivity index is 2.25. The highest BCUT2D eigenvalue weighted by Gasteiger charge is 2.19. The molecule has 1 fully saturated rings. The van der Waals surface area contributed by atoms with E-state index in [1.165, 1.54) is 5.92 Å². The van der Waals surface area contributed by atoms with Crippen LogP contribution in [0.2, 0.25) is 0 Å². The number of carbonyl (C=O) groups is 1. The maximum absolute atomic E-state index is 10.7. The van der Waals surface area contributed by atoms with Gasteiger partial charge in [0, 0.05) is 0 Å². The fourth-order valence-corrected chi connectivity index (χ4v) is 1.22. The van der Waals surface area contributed by atoms with Gasteiger partial charge in [-0.25, -0.2) is 0 Å². The molecule has 1 aliphatic heterocycles. The number of ether oxygens (including phenoxy) is 1. The highest BCUT2D eigenvalue weighted by Crippen LogP contribution is 2.22. The third-order valence-electron chi connectivity index (χ3n) is 1.72. The first-order valence-corrected chi connectivity index (χ1v) is 3.82. The first-order valence-electron chi connectivity index (χ1n) is 3.82. The minimum Gasteiger partial charge on any atom is -0.466 e. The van der Waals surface area contributed by atoms with Crippen LogP contribution in [0.25, 0.3) is 0 Å². The zero-order valence-corrected chi connectivity index (χ0v) is 6.35. The van der Waals surface area contributed by atoms with Crippen LogP contribution in [0.4, 0.5) is 0 Å². The zero-order chi connectivity index (χ0) is 7.40. The summed E-state index contributed by atoms with van der Waals surface area (Å²) in [5.41, 5.74) is 0. The van der Waals surface area contributed by atoms with Gasteiger partial charge in [-0.05, 0) is 18.8 Å². The monoisotopic (exact) mass is 141 g/mol. The molecule has 0 spiro atoms. The minimum absolute atomic E-state index is 0.0466. The van der Waals surface area contributed by atoms with Gasteiger partial charge in [0.25, 0.3) is 0 Å². The van der Waals surface area contributed by atoms with Crippen LogP contribution < -0.4 is 0 Å². The van der Waals surface area contributed by atoms with E-state index in [4.69, 9.17) is 4.74 Å². The first kappa shape index (κ1) is 7.58. The lowest BCUT2D eigenvalue weighted by atomic mass is 9.95. The Labute approximate surface area is 61.6 Å². The smallest absolute Gasteiger partial charge is 0.306 e. The molecule has 1 aliphatic rings. The molecule has 0 saturated carbocycles. The number of esters is 1. The van der Waals surface area contributed by atoms with Gasteiger partial charge in [0.1, 0.15) is 0 Å². The highest BCUT2D eigenvalue weighted by molar-refractivity contribution is 5.72. The molecule has 0 unspecified atom stereocenters. The van der Waals surface area contributed by atoms with Gasteiger partial charge < -0.3 is 4.74 Å². The van der Waals surface area contributed by atoms with Gasteiger partial charge in [0.2, 0.25) is 0 Å². The first-order chi connectivity index (χ1) is 4.83. The van der Waals surface area contributed by atoms with Crippen molar-refractivity contribution >= 4 is 5.97 Å². The van der Waals surface area contributed by atoms with E-state index in [1.54, 1.807) is 0 Å². The van der Waals surface area contributed by atoms with Crippen LogP contribution in [0.15, 0.2) is 0 Å². The summed E-state index contributed by atoms with van der Waals surface area (Å²) in [5, 5.41) is 0. The molecule has 1 rings (SSSR count). The molecule has 0 aromatic rings. The largest absolute Gasteiger partial charge is 0.466 e. The van der Waals surface area contributed by atoms with Crippen LogP contribution in [0.1, 0.15) is 32.6 Å². The van der Waals surface area contributed by atoms with E-state index < -0.39 is 0 Å². The van der Waals surface area contributed by atoms with Crippen molar-refractivity contribution in [2.75, 3.05) is 6.61 Å². The van der Waals surface area contributed by atoms with Crippen LogP contribution in [0.3, 0.4) is 0 Å². The fraction of sp³-hybridized carbons (Fsp3) is 0.750. The number of rotatable bonds is 2. The van der Waals surface area contributed by atoms with Crippen LogP contribution in [0, 0.1) is 5.92 Å². The molecule has 1 radical (unpaired) electrons. The molecular weight excluding hydrogens is 128 g/mol. The second-order valence-electron chi connectivity index (χ2n) is 2.65. The van der Waals surface area contributed by atoms with Crippen molar-refractivity contribution in [1.82, 2.24) is 0 Å². The number of cyclic esters (lactones) is 1. The van der Waals surface area contributed by atoms with E-state index in [2.05, 4.69) is 6.92 Å². The predicted octanol–water partition coefficient (Wildman–Crippen LogP) is 1.70. The summed E-state index contributed by atoms with van der Waals surface area (Å²) < 4.78 is 4.79. The van der Waals surface area contributed by atoms with Crippen LogP contribution in [-0.2, 0) is 9.53 Å². The zero-order valence-electron chi connectivity index (χ0n) is 6.35. The van der Waals surface area contributed by atoms with Gasteiger partial charge >= 0.3 is 5.97 Å². The summed E-state index contributed by atoms with van der Waals surface area (Å²) in [6.45, 7) is 2.74. The topological polar surface area (TPSA) is 26.3 Å². The third kappa shape index (κ3) is 2.01. The molecule has 1 saturated heterocycles. The van der Waals surface area contributed by atoms with E-state index in [9.17, 15) is 4.79 Å². The Morgan fingerprint density at radius 3 is 3.00 bits per heavy atom. The van der Waals surface area contributed by atoms with Crippen molar-refractivity contribution in [3.05, 3.63) is 5.92 Å². The SMILES string of the molecule is CCC[C]1CCOC(=O)C1. The van der Waals surface area contributed by atoms with E-state index in [-0.39, 0.29) is 5.97 Å². The lowest BCUT2D eigenvalue weighted by Crippen LogP contribution is -2.19. The number of carbonyl (C=O) groups excluding carboxylic acids is 1. The molecule has 0 aliphatic carbocycles. The van der Waals surface area contributed by atoms with Gasteiger partial charge in [-0.2, -0.15) is 0 Å². The van der Waals surface area contributed by atoms with Crippen molar-refractivity contribution < 1.29 is 9.53 Å². The lowest BCUT2D eigenvalue weighted by molar-refractivity contribution is -0.145. The standard InChI is InChI=1S/C8H13O2/c1-2-3-7-4-5-10-8(9)6-7/h2-6H2,1H3. The summed E-state index contributed by atoms with van der Waals surface area (Å²) in [7, 11) is 0. The highest BCUT2D eigenvalue weighted by atomic mass is 16.5. The van der Waals surface area contributed by atoms with Gasteiger partial charge in [0.15, 0.2) is 0 Å². The van der Waals surface area contributed by atoms with Gasteiger partial charge in [-0.1, -0.05) is 13.3 Å². The molecule has 0 N–H and O–H groups in total. The van der Waals surface area contributed by atoms with Crippen molar-refractivity contribution in [3.8, 4) is 0 Å². The molecule has 0 atom stereocenters. The molecule has 0 amide bonds. The Bertz CT molecular complexity index is 118. The van der Waals surface area contributed by atoms with Crippen molar-refractivity contribution in [3.63, 3.8) is 0 Å². The Morgan fingerprint density at radius 1 is 1.60 bits per heavy atom. The van der Waals surface area contributed by atoms with Gasteiger partial charge in [0.05, 0.1) is 13.0 Å². The Kier molecular flexibility index (Phi) is 2.72. The molecule has 2 nitrogen and oxygen atoms in total. The second kappa shape index (κ2) is 3.59. The molecule has 0 aromatic heterocycles. The average Bonchev–Trinajstić information content (AvgIpc) is 1.88. The third-order valence-corrected chi connectivity index (χ3v) is 1.72. The molecular formula is C8H13O2. The summed E-state index contributed by atoms with van der Waals surface area (Å²) >= 11 is 0. The number of hydrogen-bond acceptors (Lipinski definition) is 2. The Hall–Kier alpha value is -0.530. The Morgan fingerprint density at radius 2 is 2.40 bits per heavy atom. The van der Waals surface area contributed by atoms with E-state index in [1.807, 2.05) is 0 Å². The van der Waals surface area contributed by atoms with Crippen molar-refractivity contribution in [1.29, 1.82) is 0 Å². The van der Waals surface area contributed by atoms with Crippen molar-refractivity contribution in [2.45, 2.75) is 32.6 Å².